The van der Waals surface area contributed by atoms with Gasteiger partial charge in [0.05, 0.1) is 19.8 Å². The van der Waals surface area contributed by atoms with Crippen LogP contribution in [0, 0.1) is 0 Å². The van der Waals surface area contributed by atoms with E-state index in [9.17, 15) is 5.11 Å². The number of hydrogen-bond donors (Lipinski definition) is 2. The van der Waals surface area contributed by atoms with Crippen molar-refractivity contribution in [3.63, 3.8) is 0 Å². The van der Waals surface area contributed by atoms with Gasteiger partial charge in [0.15, 0.2) is 0 Å². The number of benzene rings is 2. The summed E-state index contributed by atoms with van der Waals surface area (Å²) in [6.07, 6.45) is 0. The Hall–Kier alpha value is -1.72. The molecule has 0 aromatic heterocycles. The predicted molar refractivity (Wildman–Crippen MR) is 100 cm³/mol. The maximum Gasteiger partial charge on any atom is 0.0681 e. The minimum absolute atomic E-state index is 0.0843. The number of aliphatic hydroxyl groups is 1. The lowest BCUT2D eigenvalue weighted by Gasteiger charge is -2.35. The van der Waals surface area contributed by atoms with Crippen molar-refractivity contribution in [1.82, 2.24) is 10.2 Å². The summed E-state index contributed by atoms with van der Waals surface area (Å²) < 4.78 is 5.52. The van der Waals surface area contributed by atoms with Crippen LogP contribution in [-0.2, 0) is 11.3 Å². The number of aliphatic hydroxyl groups excluding tert-OH is 1. The van der Waals surface area contributed by atoms with Crippen LogP contribution in [0.15, 0.2) is 54.6 Å². The van der Waals surface area contributed by atoms with Crippen LogP contribution in [0.2, 0.25) is 0 Å². The average Bonchev–Trinajstić information content (AvgIpc) is 2.69. The van der Waals surface area contributed by atoms with E-state index in [2.05, 4.69) is 59.6 Å². The molecule has 1 heterocycles. The van der Waals surface area contributed by atoms with Crippen LogP contribution in [-0.4, -0.2) is 42.9 Å². The molecule has 1 aliphatic heterocycles. The van der Waals surface area contributed by atoms with E-state index in [1.54, 1.807) is 0 Å². The van der Waals surface area contributed by atoms with E-state index in [-0.39, 0.29) is 12.6 Å². The Balaban J connectivity index is 1.69. The second-order valence-electron chi connectivity index (χ2n) is 6.61. The molecule has 2 atom stereocenters. The highest BCUT2D eigenvalue weighted by Gasteiger charge is 2.23. The van der Waals surface area contributed by atoms with Gasteiger partial charge in [0, 0.05) is 31.7 Å². The number of morpholine rings is 1. The quantitative estimate of drug-likeness (QED) is 0.813. The van der Waals surface area contributed by atoms with Crippen LogP contribution in [0.25, 0.3) is 0 Å². The normalized spacial score (nSPS) is 18.0. The van der Waals surface area contributed by atoms with Crippen LogP contribution < -0.4 is 5.32 Å². The maximum atomic E-state index is 9.34. The summed E-state index contributed by atoms with van der Waals surface area (Å²) in [7, 11) is 0. The summed E-state index contributed by atoms with van der Waals surface area (Å²) in [6.45, 7) is 6.69. The van der Waals surface area contributed by atoms with Crippen molar-refractivity contribution < 1.29 is 9.84 Å². The molecule has 1 aliphatic rings. The third-order valence-corrected chi connectivity index (χ3v) is 4.92. The molecular weight excluding hydrogens is 312 g/mol. The molecule has 0 saturated carbocycles. The molecular formula is C21H28N2O2. The highest BCUT2D eigenvalue weighted by molar-refractivity contribution is 5.25. The summed E-state index contributed by atoms with van der Waals surface area (Å²) in [5.41, 5.74) is 3.51. The highest BCUT2D eigenvalue weighted by atomic mass is 16.5. The Morgan fingerprint density at radius 2 is 1.76 bits per heavy atom. The van der Waals surface area contributed by atoms with Gasteiger partial charge in [0.1, 0.15) is 0 Å². The van der Waals surface area contributed by atoms with E-state index in [1.165, 1.54) is 11.1 Å². The van der Waals surface area contributed by atoms with Gasteiger partial charge >= 0.3 is 0 Å². The van der Waals surface area contributed by atoms with Crippen molar-refractivity contribution in [2.45, 2.75) is 25.6 Å². The van der Waals surface area contributed by atoms with Gasteiger partial charge in [-0.2, -0.15) is 0 Å². The molecule has 4 nitrogen and oxygen atoms in total. The minimum Gasteiger partial charge on any atom is -0.392 e. The zero-order valence-corrected chi connectivity index (χ0v) is 14.9. The first-order valence-electron chi connectivity index (χ1n) is 9.08. The third kappa shape index (κ3) is 4.89. The molecule has 134 valence electrons. The molecule has 0 bridgehead atoms. The molecule has 25 heavy (non-hydrogen) atoms. The van der Waals surface area contributed by atoms with Crippen molar-refractivity contribution in [3.05, 3.63) is 71.3 Å². The molecule has 2 aromatic rings. The smallest absolute Gasteiger partial charge is 0.0681 e. The van der Waals surface area contributed by atoms with Crippen LogP contribution >= 0.6 is 0 Å². The molecule has 1 saturated heterocycles. The van der Waals surface area contributed by atoms with Crippen LogP contribution in [0.3, 0.4) is 0 Å². The highest BCUT2D eigenvalue weighted by Crippen LogP contribution is 2.23. The molecule has 2 unspecified atom stereocenters. The number of rotatable bonds is 7. The summed E-state index contributed by atoms with van der Waals surface area (Å²) in [5.74, 6) is 0. The Labute approximate surface area is 150 Å². The minimum atomic E-state index is 0.0843. The molecule has 4 heteroatoms. The molecule has 0 amide bonds. The van der Waals surface area contributed by atoms with Gasteiger partial charge in [-0.3, -0.25) is 4.90 Å². The first-order valence-corrected chi connectivity index (χ1v) is 9.08. The van der Waals surface area contributed by atoms with E-state index >= 15 is 0 Å². The van der Waals surface area contributed by atoms with Gasteiger partial charge in [0.2, 0.25) is 0 Å². The van der Waals surface area contributed by atoms with Crippen LogP contribution in [0.1, 0.15) is 35.7 Å². The molecule has 2 N–H and O–H groups in total. The largest absolute Gasteiger partial charge is 0.392 e. The number of nitrogens with zero attached hydrogens (tertiary/aromatic N) is 1. The van der Waals surface area contributed by atoms with E-state index in [1.807, 2.05) is 12.1 Å². The fourth-order valence-electron chi connectivity index (χ4n) is 3.39. The fourth-order valence-corrected chi connectivity index (χ4v) is 3.39. The van der Waals surface area contributed by atoms with Gasteiger partial charge < -0.3 is 15.2 Å². The SMILES string of the molecule is CC(NCC(c1ccccc1)N1CCOCC1)c1cccc(CO)c1. The summed E-state index contributed by atoms with van der Waals surface area (Å²) in [4.78, 5) is 2.50. The first-order chi connectivity index (χ1) is 12.3. The first kappa shape index (κ1) is 18.1. The Morgan fingerprint density at radius 1 is 1.04 bits per heavy atom. The molecule has 2 aromatic carbocycles. The Morgan fingerprint density at radius 3 is 2.48 bits per heavy atom. The van der Waals surface area contributed by atoms with Crippen LogP contribution in [0.5, 0.6) is 0 Å². The zero-order chi connectivity index (χ0) is 17.5. The van der Waals surface area contributed by atoms with E-state index < -0.39 is 0 Å². The predicted octanol–water partition coefficient (Wildman–Crippen LogP) is 2.90. The third-order valence-electron chi connectivity index (χ3n) is 4.92. The maximum absolute atomic E-state index is 9.34. The van der Waals surface area contributed by atoms with Crippen molar-refractivity contribution in [2.75, 3.05) is 32.8 Å². The van der Waals surface area contributed by atoms with E-state index in [0.717, 1.165) is 38.4 Å². The standard InChI is InChI=1S/C21H28N2O2/c1-17(20-9-5-6-18(14-20)16-24)22-15-21(19-7-3-2-4-8-19)23-10-12-25-13-11-23/h2-9,14,17,21-22,24H,10-13,15-16H2,1H3. The summed E-state index contributed by atoms with van der Waals surface area (Å²) >= 11 is 0. The molecule has 0 radical (unpaired) electrons. The molecule has 0 spiro atoms. The second kappa shape index (κ2) is 9.11. The van der Waals surface area contributed by atoms with Crippen molar-refractivity contribution >= 4 is 0 Å². The molecule has 3 rings (SSSR count). The van der Waals surface area contributed by atoms with Gasteiger partial charge in [0.25, 0.3) is 0 Å². The van der Waals surface area contributed by atoms with Gasteiger partial charge in [-0.25, -0.2) is 0 Å². The lowest BCUT2D eigenvalue weighted by molar-refractivity contribution is 0.0157. The fraction of sp³-hybridized carbons (Fsp3) is 0.429. The Kier molecular flexibility index (Phi) is 6.59. The monoisotopic (exact) mass is 340 g/mol. The van der Waals surface area contributed by atoms with E-state index in [4.69, 9.17) is 4.74 Å². The lowest BCUT2D eigenvalue weighted by atomic mass is 10.0. The number of nitrogens with one attached hydrogen (secondary N) is 1. The molecule has 1 fully saturated rings. The van der Waals surface area contributed by atoms with Gasteiger partial charge in [-0.1, -0.05) is 54.6 Å². The van der Waals surface area contributed by atoms with Gasteiger partial charge in [-0.05, 0) is 23.6 Å². The van der Waals surface area contributed by atoms with Gasteiger partial charge in [-0.15, -0.1) is 0 Å². The van der Waals surface area contributed by atoms with Crippen molar-refractivity contribution in [2.24, 2.45) is 0 Å². The van der Waals surface area contributed by atoms with Crippen molar-refractivity contribution in [1.29, 1.82) is 0 Å². The lowest BCUT2D eigenvalue weighted by Crippen LogP contribution is -2.43. The topological polar surface area (TPSA) is 44.7 Å². The number of ether oxygens (including phenoxy) is 1. The summed E-state index contributed by atoms with van der Waals surface area (Å²) in [6, 6.07) is 19.4. The summed E-state index contributed by atoms with van der Waals surface area (Å²) in [5, 5.41) is 13.0. The van der Waals surface area contributed by atoms with E-state index in [0.29, 0.717) is 6.04 Å². The Bertz CT molecular complexity index is 641. The average molecular weight is 340 g/mol. The molecule has 0 aliphatic carbocycles. The van der Waals surface area contributed by atoms with Crippen LogP contribution in [0.4, 0.5) is 0 Å². The second-order valence-corrected chi connectivity index (χ2v) is 6.61. The zero-order valence-electron chi connectivity index (χ0n) is 14.9. The number of hydrogen-bond acceptors (Lipinski definition) is 4. The van der Waals surface area contributed by atoms with Crippen molar-refractivity contribution in [3.8, 4) is 0 Å².